The van der Waals surface area contributed by atoms with Crippen molar-refractivity contribution in [2.75, 3.05) is 18.5 Å². The third-order valence-corrected chi connectivity index (χ3v) is 2.19. The number of benzene rings is 1. The predicted octanol–water partition coefficient (Wildman–Crippen LogP) is 0.851. The highest BCUT2D eigenvalue weighted by Crippen LogP contribution is 2.18. The van der Waals surface area contributed by atoms with E-state index in [0.717, 1.165) is 5.69 Å². The molecule has 0 aliphatic carbocycles. The lowest BCUT2D eigenvalue weighted by atomic mass is 10.3. The summed E-state index contributed by atoms with van der Waals surface area (Å²) < 4.78 is 5.39. The maximum absolute atomic E-state index is 11.5. The van der Waals surface area contributed by atoms with Crippen molar-refractivity contribution in [1.29, 1.82) is 0 Å². The molecule has 18 heavy (non-hydrogen) atoms. The molecule has 1 aromatic heterocycles. The largest absolute Gasteiger partial charge is 0.492 e. The van der Waals surface area contributed by atoms with E-state index in [0.29, 0.717) is 18.9 Å². The van der Waals surface area contributed by atoms with Gasteiger partial charge in [-0.1, -0.05) is 6.07 Å². The Balaban J connectivity index is 2.14. The van der Waals surface area contributed by atoms with Crippen LogP contribution in [0.4, 0.5) is 11.5 Å². The molecule has 0 aliphatic rings. The van der Waals surface area contributed by atoms with Gasteiger partial charge in [-0.05, 0) is 12.1 Å². The van der Waals surface area contributed by atoms with Crippen LogP contribution in [0.3, 0.4) is 0 Å². The number of H-pyrrole nitrogens is 1. The monoisotopic (exact) mass is 246 g/mol. The number of aromatic nitrogens is 2. The molecule has 0 bridgehead atoms. The molecule has 0 atom stereocenters. The molecule has 0 aliphatic heterocycles. The van der Waals surface area contributed by atoms with Crippen molar-refractivity contribution in [3.8, 4) is 5.75 Å². The lowest BCUT2D eigenvalue weighted by Gasteiger charge is -2.08. The third-order valence-electron chi connectivity index (χ3n) is 2.19. The Labute approximate surface area is 104 Å². The van der Waals surface area contributed by atoms with Crippen molar-refractivity contribution in [2.24, 2.45) is 5.73 Å². The van der Waals surface area contributed by atoms with Crippen molar-refractivity contribution >= 4 is 11.5 Å². The summed E-state index contributed by atoms with van der Waals surface area (Å²) in [5.41, 5.74) is 5.82. The highest BCUT2D eigenvalue weighted by Gasteiger charge is 2.01. The average molecular weight is 246 g/mol. The molecule has 0 fully saturated rings. The molecule has 0 spiro atoms. The van der Waals surface area contributed by atoms with Crippen LogP contribution in [0.25, 0.3) is 0 Å². The Morgan fingerprint density at radius 2 is 2.33 bits per heavy atom. The predicted molar refractivity (Wildman–Crippen MR) is 69.1 cm³/mol. The van der Waals surface area contributed by atoms with Crippen LogP contribution < -0.4 is 21.3 Å². The van der Waals surface area contributed by atoms with E-state index in [1.807, 2.05) is 18.2 Å². The molecule has 0 saturated heterocycles. The Morgan fingerprint density at radius 3 is 3.11 bits per heavy atom. The second kappa shape index (κ2) is 5.83. The number of hydrogen-bond acceptors (Lipinski definition) is 5. The van der Waals surface area contributed by atoms with Gasteiger partial charge in [0.2, 0.25) is 0 Å². The average Bonchev–Trinajstić information content (AvgIpc) is 2.40. The summed E-state index contributed by atoms with van der Waals surface area (Å²) in [6, 6.07) is 7.25. The Bertz CT molecular complexity index is 568. The molecule has 6 nitrogen and oxygen atoms in total. The van der Waals surface area contributed by atoms with Crippen LogP contribution in [0.5, 0.6) is 5.75 Å². The zero-order chi connectivity index (χ0) is 12.8. The van der Waals surface area contributed by atoms with Crippen molar-refractivity contribution in [3.05, 3.63) is 47.0 Å². The Morgan fingerprint density at radius 1 is 1.44 bits per heavy atom. The fourth-order valence-corrected chi connectivity index (χ4v) is 1.42. The minimum absolute atomic E-state index is 0.244. The number of nitrogens with two attached hydrogens (primary N) is 1. The Kier molecular flexibility index (Phi) is 3.93. The number of ether oxygens (including phenoxy) is 1. The molecule has 1 heterocycles. The lowest BCUT2D eigenvalue weighted by molar-refractivity contribution is 0.328. The van der Waals surface area contributed by atoms with Crippen molar-refractivity contribution < 1.29 is 4.74 Å². The summed E-state index contributed by atoms with van der Waals surface area (Å²) in [4.78, 5) is 17.9. The first kappa shape index (κ1) is 12.1. The smallest absolute Gasteiger partial charge is 0.291 e. The second-order valence-electron chi connectivity index (χ2n) is 3.56. The summed E-state index contributed by atoms with van der Waals surface area (Å²) in [6.07, 6.45) is 2.99. The molecule has 0 radical (unpaired) electrons. The molecule has 2 aromatic rings. The highest BCUT2D eigenvalue weighted by molar-refractivity contribution is 5.57. The maximum Gasteiger partial charge on any atom is 0.291 e. The first-order chi connectivity index (χ1) is 8.79. The zero-order valence-corrected chi connectivity index (χ0v) is 9.72. The molecule has 2 rings (SSSR count). The molecular formula is C12H14N4O2. The van der Waals surface area contributed by atoms with Gasteiger partial charge in [0.05, 0.1) is 0 Å². The quantitative estimate of drug-likeness (QED) is 0.727. The van der Waals surface area contributed by atoms with Gasteiger partial charge in [-0.25, -0.2) is 4.98 Å². The van der Waals surface area contributed by atoms with Gasteiger partial charge in [0.15, 0.2) is 5.82 Å². The second-order valence-corrected chi connectivity index (χ2v) is 3.56. The standard InChI is InChI=1S/C12H14N4O2/c13-4-7-18-10-3-1-2-9(8-10)16-11-12(17)15-6-5-14-11/h1-3,5-6,8H,4,7,13H2,(H,14,16)(H,15,17). The van der Waals surface area contributed by atoms with Crippen molar-refractivity contribution in [3.63, 3.8) is 0 Å². The number of rotatable bonds is 5. The summed E-state index contributed by atoms with van der Waals surface area (Å²) in [5, 5.41) is 2.92. The SMILES string of the molecule is NCCOc1cccc(Nc2ncc[nH]c2=O)c1. The lowest BCUT2D eigenvalue weighted by Crippen LogP contribution is -2.12. The van der Waals surface area contributed by atoms with Crippen LogP contribution in [-0.4, -0.2) is 23.1 Å². The van der Waals surface area contributed by atoms with Crippen LogP contribution in [0.15, 0.2) is 41.5 Å². The number of hydrogen-bond donors (Lipinski definition) is 3. The van der Waals surface area contributed by atoms with E-state index < -0.39 is 0 Å². The van der Waals surface area contributed by atoms with Crippen LogP contribution in [0.2, 0.25) is 0 Å². The number of aromatic amines is 1. The van der Waals surface area contributed by atoms with Crippen molar-refractivity contribution in [1.82, 2.24) is 9.97 Å². The van der Waals surface area contributed by atoms with E-state index in [2.05, 4.69) is 15.3 Å². The van der Waals surface area contributed by atoms with E-state index in [-0.39, 0.29) is 11.4 Å². The molecule has 6 heteroatoms. The summed E-state index contributed by atoms with van der Waals surface area (Å²) >= 11 is 0. The third kappa shape index (κ3) is 3.08. The van der Waals surface area contributed by atoms with Gasteiger partial charge in [-0.3, -0.25) is 4.79 Å². The van der Waals surface area contributed by atoms with E-state index in [1.165, 1.54) is 12.4 Å². The zero-order valence-electron chi connectivity index (χ0n) is 9.72. The topological polar surface area (TPSA) is 93.0 Å². The fourth-order valence-electron chi connectivity index (χ4n) is 1.42. The number of nitrogens with zero attached hydrogens (tertiary/aromatic N) is 1. The molecule has 0 amide bonds. The first-order valence-corrected chi connectivity index (χ1v) is 5.53. The summed E-state index contributed by atoms with van der Waals surface area (Å²) in [6.45, 7) is 0.908. The van der Waals surface area contributed by atoms with Gasteiger partial charge in [-0.2, -0.15) is 0 Å². The van der Waals surface area contributed by atoms with E-state index in [9.17, 15) is 4.79 Å². The van der Waals surface area contributed by atoms with E-state index in [4.69, 9.17) is 10.5 Å². The fraction of sp³-hybridized carbons (Fsp3) is 0.167. The molecule has 0 saturated carbocycles. The normalized spacial score (nSPS) is 10.1. The van der Waals surface area contributed by atoms with Crippen LogP contribution in [0, 0.1) is 0 Å². The molecule has 94 valence electrons. The number of anilines is 2. The van der Waals surface area contributed by atoms with Gasteiger partial charge in [0.1, 0.15) is 12.4 Å². The van der Waals surface area contributed by atoms with Gasteiger partial charge in [0.25, 0.3) is 5.56 Å². The molecule has 1 aromatic carbocycles. The van der Waals surface area contributed by atoms with E-state index in [1.54, 1.807) is 6.07 Å². The van der Waals surface area contributed by atoms with Gasteiger partial charge < -0.3 is 20.8 Å². The molecular weight excluding hydrogens is 232 g/mol. The van der Waals surface area contributed by atoms with Gasteiger partial charge in [0, 0.05) is 30.7 Å². The molecule has 4 N–H and O–H groups in total. The maximum atomic E-state index is 11.5. The van der Waals surface area contributed by atoms with Crippen molar-refractivity contribution in [2.45, 2.75) is 0 Å². The van der Waals surface area contributed by atoms with Crippen LogP contribution in [-0.2, 0) is 0 Å². The van der Waals surface area contributed by atoms with Crippen LogP contribution >= 0.6 is 0 Å². The highest BCUT2D eigenvalue weighted by atomic mass is 16.5. The minimum Gasteiger partial charge on any atom is -0.492 e. The van der Waals surface area contributed by atoms with E-state index >= 15 is 0 Å². The van der Waals surface area contributed by atoms with Crippen LogP contribution in [0.1, 0.15) is 0 Å². The summed E-state index contributed by atoms with van der Waals surface area (Å²) in [7, 11) is 0. The molecule has 0 unspecified atom stereocenters. The summed E-state index contributed by atoms with van der Waals surface area (Å²) in [5.74, 6) is 0.936. The first-order valence-electron chi connectivity index (χ1n) is 5.53. The minimum atomic E-state index is -0.272. The number of nitrogens with one attached hydrogen (secondary N) is 2. The van der Waals surface area contributed by atoms with Gasteiger partial charge >= 0.3 is 0 Å². The van der Waals surface area contributed by atoms with Gasteiger partial charge in [-0.15, -0.1) is 0 Å². The Hall–Kier alpha value is -2.34.